The molecule has 2 N–H and O–H groups in total. The van der Waals surface area contributed by atoms with E-state index in [4.69, 9.17) is 30.5 Å². The zero-order valence-corrected chi connectivity index (χ0v) is 20.8. The predicted molar refractivity (Wildman–Crippen MR) is 119 cm³/mol. The molecule has 0 radical (unpaired) electrons. The number of halogens is 1. The molecule has 0 spiro atoms. The average Bonchev–Trinajstić information content (AvgIpc) is 3.50. The van der Waals surface area contributed by atoms with Gasteiger partial charge in [-0.2, -0.15) is 0 Å². The highest BCUT2D eigenvalue weighted by atomic mass is 35.5. The summed E-state index contributed by atoms with van der Waals surface area (Å²) in [6.45, 7) is 10.5. The van der Waals surface area contributed by atoms with E-state index in [1.807, 2.05) is 0 Å². The lowest BCUT2D eigenvalue weighted by molar-refractivity contribution is -0.228. The maximum atomic E-state index is 12.9. The van der Waals surface area contributed by atoms with Crippen LogP contribution < -0.4 is 0 Å². The first-order valence-electron chi connectivity index (χ1n) is 11.3. The Hall–Kier alpha value is -2.27. The van der Waals surface area contributed by atoms with E-state index in [1.54, 1.807) is 6.92 Å². The summed E-state index contributed by atoms with van der Waals surface area (Å²) in [5.74, 6) is -5.72. The van der Waals surface area contributed by atoms with Crippen molar-refractivity contribution in [3.05, 3.63) is 24.3 Å². The minimum absolute atomic E-state index is 0.269. The fourth-order valence-corrected chi connectivity index (χ4v) is 6.35. The van der Waals surface area contributed by atoms with Gasteiger partial charge in [0.25, 0.3) is 0 Å². The van der Waals surface area contributed by atoms with Crippen molar-refractivity contribution in [2.24, 2.45) is 17.3 Å². The molecule has 1 saturated carbocycles. The van der Waals surface area contributed by atoms with Gasteiger partial charge in [-0.15, -0.1) is 11.6 Å². The molecule has 11 atom stereocenters. The molecule has 2 heterocycles. The second kappa shape index (κ2) is 8.12. The second-order valence-corrected chi connectivity index (χ2v) is 10.7. The third-order valence-corrected chi connectivity index (χ3v) is 8.39. The summed E-state index contributed by atoms with van der Waals surface area (Å²) in [5, 5.41) is 22.5. The molecule has 192 valence electrons. The van der Waals surface area contributed by atoms with Gasteiger partial charge < -0.3 is 29.2 Å². The van der Waals surface area contributed by atoms with Gasteiger partial charge in [0.15, 0.2) is 17.5 Å². The van der Waals surface area contributed by atoms with E-state index in [0.29, 0.717) is 0 Å². The molecule has 0 bridgehead atoms. The number of ketones is 1. The lowest BCUT2D eigenvalue weighted by Gasteiger charge is -2.54. The fraction of sp³-hybridized carbons (Fsp3) is 0.667. The van der Waals surface area contributed by atoms with E-state index in [2.05, 4.69) is 6.58 Å². The quantitative estimate of drug-likeness (QED) is 0.177. The first-order chi connectivity index (χ1) is 16.1. The summed E-state index contributed by atoms with van der Waals surface area (Å²) < 4.78 is 22.6. The zero-order chi connectivity index (χ0) is 26.2. The third kappa shape index (κ3) is 3.64. The molecule has 4 rings (SSSR count). The minimum Gasteiger partial charge on any atom is -0.459 e. The first-order valence-corrected chi connectivity index (χ1v) is 11.7. The van der Waals surface area contributed by atoms with Crippen LogP contribution in [0.15, 0.2) is 24.3 Å². The topological polar surface area (TPSA) is 149 Å². The molecule has 35 heavy (non-hydrogen) atoms. The van der Waals surface area contributed by atoms with Crippen LogP contribution in [0.4, 0.5) is 0 Å². The SMILES string of the molecule is C=C1[C@H]2O[C@H]2[C@@H](OC(C)=O)[C@@]2(C)C=CC(=O)[C@@](C)(O)[C@@H]2[C@H](OC(C)=O)[C@]2(O)[C@@H](C)C(=O)O[C@H]2[C@H]1Cl. The van der Waals surface area contributed by atoms with Crippen LogP contribution in [-0.2, 0) is 38.1 Å². The molecule has 10 nitrogen and oxygen atoms in total. The molecule has 0 amide bonds. The number of fused-ring (bicyclic) bond motifs is 3. The summed E-state index contributed by atoms with van der Waals surface area (Å²) in [6.07, 6.45) is -3.13. The van der Waals surface area contributed by atoms with Crippen molar-refractivity contribution < 1.29 is 48.3 Å². The van der Waals surface area contributed by atoms with Crippen molar-refractivity contribution in [3.63, 3.8) is 0 Å². The smallest absolute Gasteiger partial charge is 0.312 e. The van der Waals surface area contributed by atoms with Gasteiger partial charge in [-0.3, -0.25) is 19.2 Å². The normalized spacial score (nSPS) is 48.7. The molecule has 11 heteroatoms. The van der Waals surface area contributed by atoms with Crippen molar-refractivity contribution in [3.8, 4) is 0 Å². The number of rotatable bonds is 2. The number of esters is 3. The Morgan fingerprint density at radius 3 is 2.26 bits per heavy atom. The highest BCUT2D eigenvalue weighted by molar-refractivity contribution is 6.23. The largest absolute Gasteiger partial charge is 0.459 e. The average molecular weight is 513 g/mol. The van der Waals surface area contributed by atoms with Crippen molar-refractivity contribution in [1.29, 1.82) is 0 Å². The van der Waals surface area contributed by atoms with Gasteiger partial charge in [0.05, 0.1) is 11.3 Å². The Morgan fingerprint density at radius 2 is 1.69 bits per heavy atom. The lowest BCUT2D eigenvalue weighted by atomic mass is 9.54. The molecular weight excluding hydrogens is 484 g/mol. The number of carbonyl (C=O) groups is 4. The number of hydrogen-bond acceptors (Lipinski definition) is 10. The van der Waals surface area contributed by atoms with Crippen LogP contribution in [0.3, 0.4) is 0 Å². The van der Waals surface area contributed by atoms with E-state index >= 15 is 0 Å². The number of alkyl halides is 1. The number of aliphatic hydroxyl groups is 2. The van der Waals surface area contributed by atoms with Gasteiger partial charge in [0.1, 0.15) is 30.0 Å². The summed E-state index contributed by atoms with van der Waals surface area (Å²) in [4.78, 5) is 50.1. The summed E-state index contributed by atoms with van der Waals surface area (Å²) in [6, 6.07) is 0. The molecular formula is C24H29ClO10. The van der Waals surface area contributed by atoms with Crippen LogP contribution in [0.5, 0.6) is 0 Å². The molecule has 2 aliphatic heterocycles. The van der Waals surface area contributed by atoms with E-state index in [9.17, 15) is 29.4 Å². The van der Waals surface area contributed by atoms with Gasteiger partial charge in [-0.1, -0.05) is 19.6 Å². The fourth-order valence-electron chi connectivity index (χ4n) is 5.98. The Kier molecular flexibility index (Phi) is 5.99. The molecule has 2 saturated heterocycles. The van der Waals surface area contributed by atoms with Crippen molar-refractivity contribution in [1.82, 2.24) is 0 Å². The lowest BCUT2D eigenvalue weighted by Crippen LogP contribution is -2.70. The number of ether oxygens (including phenoxy) is 4. The maximum absolute atomic E-state index is 12.9. The van der Waals surface area contributed by atoms with Crippen molar-refractivity contribution in [2.75, 3.05) is 0 Å². The Bertz CT molecular complexity index is 1040. The number of hydrogen-bond donors (Lipinski definition) is 2. The monoisotopic (exact) mass is 512 g/mol. The third-order valence-electron chi connectivity index (χ3n) is 7.88. The van der Waals surface area contributed by atoms with E-state index in [1.165, 1.54) is 26.8 Å². The van der Waals surface area contributed by atoms with Crippen LogP contribution in [0.2, 0.25) is 0 Å². The van der Waals surface area contributed by atoms with Gasteiger partial charge >= 0.3 is 17.9 Å². The van der Waals surface area contributed by atoms with Crippen LogP contribution in [0, 0.1) is 17.3 Å². The van der Waals surface area contributed by atoms with E-state index < -0.39 is 88.0 Å². The molecule has 0 unspecified atom stereocenters. The van der Waals surface area contributed by atoms with Gasteiger partial charge in [-0.05, 0) is 25.5 Å². The maximum Gasteiger partial charge on any atom is 0.312 e. The molecule has 0 aromatic rings. The zero-order valence-electron chi connectivity index (χ0n) is 20.0. The van der Waals surface area contributed by atoms with Gasteiger partial charge in [0.2, 0.25) is 0 Å². The van der Waals surface area contributed by atoms with E-state index in [0.717, 1.165) is 13.0 Å². The Morgan fingerprint density at radius 1 is 1.11 bits per heavy atom. The molecule has 2 aliphatic carbocycles. The van der Waals surface area contributed by atoms with Crippen LogP contribution in [-0.4, -0.2) is 81.0 Å². The predicted octanol–water partition coefficient (Wildman–Crippen LogP) is 0.599. The van der Waals surface area contributed by atoms with Crippen LogP contribution >= 0.6 is 11.6 Å². The Balaban J connectivity index is 2.04. The van der Waals surface area contributed by atoms with Crippen LogP contribution in [0.25, 0.3) is 0 Å². The van der Waals surface area contributed by atoms with Crippen molar-refractivity contribution in [2.45, 2.75) is 81.7 Å². The Labute approximate surface area is 207 Å². The number of carbonyl (C=O) groups excluding carboxylic acids is 4. The highest BCUT2D eigenvalue weighted by Gasteiger charge is 2.73. The highest BCUT2D eigenvalue weighted by Crippen LogP contribution is 2.57. The summed E-state index contributed by atoms with van der Waals surface area (Å²) in [7, 11) is 0. The van der Waals surface area contributed by atoms with Crippen LogP contribution in [0.1, 0.15) is 34.6 Å². The van der Waals surface area contributed by atoms with Crippen molar-refractivity contribution >= 4 is 35.3 Å². The number of epoxide rings is 1. The summed E-state index contributed by atoms with van der Waals surface area (Å²) >= 11 is 6.67. The second-order valence-electron chi connectivity index (χ2n) is 10.2. The van der Waals surface area contributed by atoms with Gasteiger partial charge in [-0.25, -0.2) is 0 Å². The molecule has 3 fully saturated rings. The van der Waals surface area contributed by atoms with Gasteiger partial charge in [0, 0.05) is 25.2 Å². The molecule has 4 aliphatic rings. The molecule has 0 aromatic carbocycles. The van der Waals surface area contributed by atoms with E-state index in [-0.39, 0.29) is 5.57 Å². The standard InChI is InChI=1S/C24H29ClO10/c1-9-14(25)18-24(31,10(2)21(29)35-18)20(33-12(4)27)17-22(5,8-7-13(28)23(17,6)30)19(32-11(3)26)16-15(9)34-16/h7-8,10,14-20,30-31H,1H2,2-6H3/t10-,14-,15+,16+,17+,18-,19+,20-,22-,23+,24-/m0/s1. The summed E-state index contributed by atoms with van der Waals surface area (Å²) in [5.41, 5.74) is -5.67. The minimum atomic E-state index is -2.29. The molecule has 0 aromatic heterocycles. The first kappa shape index (κ1) is 25.8.